The van der Waals surface area contributed by atoms with Crippen LogP contribution in [0.15, 0.2) is 24.3 Å². The molecule has 106 valence electrons. The quantitative estimate of drug-likeness (QED) is 0.820. The van der Waals surface area contributed by atoms with Gasteiger partial charge in [-0.1, -0.05) is 19.1 Å². The summed E-state index contributed by atoms with van der Waals surface area (Å²) in [6.07, 6.45) is 0.429. The molecule has 3 N–H and O–H groups in total. The molecule has 1 aromatic carbocycles. The van der Waals surface area contributed by atoms with Crippen LogP contribution in [0.5, 0.6) is 0 Å². The highest BCUT2D eigenvalue weighted by atomic mass is 16.5. The fourth-order valence-corrected chi connectivity index (χ4v) is 1.66. The highest BCUT2D eigenvalue weighted by Crippen LogP contribution is 2.20. The van der Waals surface area contributed by atoms with Crippen LogP contribution in [0.3, 0.4) is 0 Å². The maximum Gasteiger partial charge on any atom is 0.407 e. The van der Waals surface area contributed by atoms with Crippen LogP contribution in [0.2, 0.25) is 0 Å². The number of carbonyl (C=O) groups is 1. The number of amides is 1. The smallest absolute Gasteiger partial charge is 0.407 e. The van der Waals surface area contributed by atoms with E-state index in [0.29, 0.717) is 12.5 Å². The molecule has 0 fully saturated rings. The van der Waals surface area contributed by atoms with Gasteiger partial charge in [-0.3, -0.25) is 0 Å². The molecule has 4 heteroatoms. The fraction of sp³-hybridized carbons (Fsp3) is 0.533. The zero-order valence-corrected chi connectivity index (χ0v) is 12.2. The van der Waals surface area contributed by atoms with E-state index in [0.717, 1.165) is 12.1 Å². The Labute approximate surface area is 115 Å². The zero-order valence-electron chi connectivity index (χ0n) is 12.2. The summed E-state index contributed by atoms with van der Waals surface area (Å²) in [6.45, 7) is 8.28. The van der Waals surface area contributed by atoms with Crippen molar-refractivity contribution in [1.29, 1.82) is 0 Å². The van der Waals surface area contributed by atoms with Crippen molar-refractivity contribution in [1.82, 2.24) is 5.32 Å². The number of benzene rings is 1. The van der Waals surface area contributed by atoms with Crippen LogP contribution in [0.4, 0.5) is 10.5 Å². The third kappa shape index (κ3) is 6.13. The molecule has 0 aromatic heterocycles. The number of ether oxygens (including phenoxy) is 1. The molecule has 4 nitrogen and oxygen atoms in total. The van der Waals surface area contributed by atoms with Gasteiger partial charge in [0.1, 0.15) is 0 Å². The summed E-state index contributed by atoms with van der Waals surface area (Å²) in [4.78, 5) is 11.5. The molecular weight excluding hydrogens is 240 g/mol. The third-order valence-corrected chi connectivity index (χ3v) is 2.77. The summed E-state index contributed by atoms with van der Waals surface area (Å²) in [6, 6.07) is 7.79. The third-order valence-electron chi connectivity index (χ3n) is 2.77. The fourth-order valence-electron chi connectivity index (χ4n) is 1.66. The second-order valence-corrected chi connectivity index (χ2v) is 5.87. The lowest BCUT2D eigenvalue weighted by Gasteiger charge is -2.20. The molecule has 0 saturated carbocycles. The number of nitrogens with one attached hydrogen (secondary N) is 1. The van der Waals surface area contributed by atoms with Crippen LogP contribution >= 0.6 is 0 Å². The van der Waals surface area contributed by atoms with Crippen LogP contribution in [0.1, 0.15) is 45.6 Å². The topological polar surface area (TPSA) is 64.3 Å². The minimum atomic E-state index is -0.364. The van der Waals surface area contributed by atoms with Crippen molar-refractivity contribution in [2.45, 2.75) is 45.6 Å². The highest BCUT2D eigenvalue weighted by Gasteiger charge is 2.14. The van der Waals surface area contributed by atoms with Crippen LogP contribution in [-0.2, 0) is 4.74 Å². The Morgan fingerprint density at radius 1 is 1.32 bits per heavy atom. The van der Waals surface area contributed by atoms with Crippen molar-refractivity contribution in [2.75, 3.05) is 12.3 Å². The van der Waals surface area contributed by atoms with E-state index in [-0.39, 0.29) is 11.6 Å². The van der Waals surface area contributed by atoms with Gasteiger partial charge in [0.2, 0.25) is 0 Å². The Morgan fingerprint density at radius 3 is 2.42 bits per heavy atom. The van der Waals surface area contributed by atoms with Crippen molar-refractivity contribution in [3.63, 3.8) is 0 Å². The van der Waals surface area contributed by atoms with Gasteiger partial charge in [-0.2, -0.15) is 0 Å². The van der Waals surface area contributed by atoms with Gasteiger partial charge in [0.15, 0.2) is 0 Å². The average molecular weight is 264 g/mol. The summed E-state index contributed by atoms with van der Waals surface area (Å²) < 4.78 is 5.16. The Balaban J connectivity index is 2.33. The van der Waals surface area contributed by atoms with Crippen LogP contribution < -0.4 is 11.1 Å². The van der Waals surface area contributed by atoms with Gasteiger partial charge in [-0.05, 0) is 50.8 Å². The first-order valence-electron chi connectivity index (χ1n) is 6.58. The van der Waals surface area contributed by atoms with Gasteiger partial charge >= 0.3 is 6.09 Å². The van der Waals surface area contributed by atoms with Gasteiger partial charge in [0.05, 0.1) is 6.61 Å². The van der Waals surface area contributed by atoms with Crippen molar-refractivity contribution in [2.24, 2.45) is 0 Å². The van der Waals surface area contributed by atoms with E-state index >= 15 is 0 Å². The van der Waals surface area contributed by atoms with Gasteiger partial charge in [-0.15, -0.1) is 0 Å². The molecule has 0 aliphatic carbocycles. The van der Waals surface area contributed by atoms with E-state index in [4.69, 9.17) is 10.5 Å². The second kappa shape index (κ2) is 6.45. The summed E-state index contributed by atoms with van der Waals surface area (Å²) >= 11 is 0. The van der Waals surface area contributed by atoms with Gasteiger partial charge in [0.25, 0.3) is 0 Å². The molecule has 1 atom stereocenters. The monoisotopic (exact) mass is 264 g/mol. The summed E-state index contributed by atoms with van der Waals surface area (Å²) in [5.41, 5.74) is 7.35. The van der Waals surface area contributed by atoms with Crippen LogP contribution in [0.25, 0.3) is 0 Å². The first kappa shape index (κ1) is 15.3. The number of alkyl carbamates (subject to hydrolysis) is 1. The maximum atomic E-state index is 11.5. The molecule has 0 spiro atoms. The van der Waals surface area contributed by atoms with E-state index in [9.17, 15) is 4.79 Å². The standard InChI is InChI=1S/C15H24N2O2/c1-11(12-5-7-13(16)8-6-12)9-10-19-14(18)17-15(2,3)4/h5-8,11H,9-10,16H2,1-4H3,(H,17,18). The molecule has 0 aliphatic heterocycles. The van der Waals surface area contributed by atoms with E-state index < -0.39 is 0 Å². The molecule has 1 rings (SSSR count). The minimum Gasteiger partial charge on any atom is -0.450 e. The van der Waals surface area contributed by atoms with E-state index in [1.165, 1.54) is 5.56 Å². The Morgan fingerprint density at radius 2 is 1.89 bits per heavy atom. The van der Waals surface area contributed by atoms with Crippen molar-refractivity contribution in [3.05, 3.63) is 29.8 Å². The zero-order chi connectivity index (χ0) is 14.5. The molecule has 1 unspecified atom stereocenters. The number of hydrogen-bond acceptors (Lipinski definition) is 3. The predicted octanol–water partition coefficient (Wildman–Crippen LogP) is 3.29. The Kier molecular flexibility index (Phi) is 5.21. The number of nitrogen functional groups attached to an aromatic ring is 1. The Hall–Kier alpha value is -1.71. The summed E-state index contributed by atoms with van der Waals surface area (Å²) in [7, 11) is 0. The van der Waals surface area contributed by atoms with Crippen molar-refractivity contribution in [3.8, 4) is 0 Å². The molecule has 0 heterocycles. The van der Waals surface area contributed by atoms with E-state index in [2.05, 4.69) is 12.2 Å². The van der Waals surface area contributed by atoms with E-state index in [1.807, 2.05) is 45.0 Å². The molecule has 19 heavy (non-hydrogen) atoms. The predicted molar refractivity (Wildman–Crippen MR) is 78.1 cm³/mol. The van der Waals surface area contributed by atoms with Crippen LogP contribution in [0, 0.1) is 0 Å². The number of carbonyl (C=O) groups excluding carboxylic acids is 1. The van der Waals surface area contributed by atoms with E-state index in [1.54, 1.807) is 0 Å². The normalized spacial score (nSPS) is 12.8. The first-order valence-corrected chi connectivity index (χ1v) is 6.58. The lowest BCUT2D eigenvalue weighted by molar-refractivity contribution is 0.134. The lowest BCUT2D eigenvalue weighted by atomic mass is 9.98. The molecule has 0 saturated heterocycles. The van der Waals surface area contributed by atoms with Crippen molar-refractivity contribution >= 4 is 11.8 Å². The number of nitrogens with two attached hydrogens (primary N) is 1. The van der Waals surface area contributed by atoms with Gasteiger partial charge in [-0.25, -0.2) is 4.79 Å². The van der Waals surface area contributed by atoms with Crippen LogP contribution in [-0.4, -0.2) is 18.2 Å². The summed E-state index contributed by atoms with van der Waals surface area (Å²) in [5.74, 6) is 0.336. The molecule has 1 aromatic rings. The number of rotatable bonds is 4. The van der Waals surface area contributed by atoms with Crippen molar-refractivity contribution < 1.29 is 9.53 Å². The minimum absolute atomic E-state index is 0.264. The second-order valence-electron chi connectivity index (χ2n) is 5.87. The lowest BCUT2D eigenvalue weighted by Crippen LogP contribution is -2.41. The molecule has 0 aliphatic rings. The SMILES string of the molecule is CC(CCOC(=O)NC(C)(C)C)c1ccc(N)cc1. The molecule has 0 bridgehead atoms. The first-order chi connectivity index (χ1) is 8.78. The Bertz CT molecular complexity index is 407. The summed E-state index contributed by atoms with van der Waals surface area (Å²) in [5, 5.41) is 2.76. The largest absolute Gasteiger partial charge is 0.450 e. The number of anilines is 1. The molecule has 0 radical (unpaired) electrons. The van der Waals surface area contributed by atoms with Gasteiger partial charge in [0, 0.05) is 11.2 Å². The molecule has 1 amide bonds. The number of hydrogen-bond donors (Lipinski definition) is 2. The van der Waals surface area contributed by atoms with Gasteiger partial charge < -0.3 is 15.8 Å². The highest BCUT2D eigenvalue weighted by molar-refractivity contribution is 5.68. The maximum absolute atomic E-state index is 11.5. The molecular formula is C15H24N2O2. The average Bonchev–Trinajstić information content (AvgIpc) is 2.27.